The number of hydrogen-bond acceptors (Lipinski definition) is 3. The van der Waals surface area contributed by atoms with Crippen LogP contribution in [0.2, 0.25) is 0 Å². The first-order chi connectivity index (χ1) is 10.7. The molecule has 0 spiro atoms. The molecule has 23 heavy (non-hydrogen) atoms. The van der Waals surface area contributed by atoms with Gasteiger partial charge in [-0.25, -0.2) is 4.79 Å². The summed E-state index contributed by atoms with van der Waals surface area (Å²) in [4.78, 5) is 13.8. The first kappa shape index (κ1) is 17.6. The van der Waals surface area contributed by atoms with Crippen LogP contribution in [0.5, 0.6) is 0 Å². The number of para-hydroxylation sites is 1. The molecule has 0 heterocycles. The normalized spacial score (nSPS) is 15.9. The molecule has 1 atom stereocenters. The maximum absolute atomic E-state index is 12.1. The molecule has 1 aliphatic carbocycles. The molecule has 4 nitrogen and oxygen atoms in total. The van der Waals surface area contributed by atoms with Gasteiger partial charge in [0.2, 0.25) is 0 Å². The summed E-state index contributed by atoms with van der Waals surface area (Å²) in [6, 6.07) is 8.64. The van der Waals surface area contributed by atoms with E-state index in [1.54, 1.807) is 11.9 Å². The zero-order valence-electron chi connectivity index (χ0n) is 15.1. The van der Waals surface area contributed by atoms with E-state index in [2.05, 4.69) is 24.4 Å². The second-order valence-corrected chi connectivity index (χ2v) is 7.72. The van der Waals surface area contributed by atoms with E-state index in [9.17, 15) is 4.79 Å². The number of carbonyl (C=O) groups excluding carboxylic acids is 1. The third-order valence-electron chi connectivity index (χ3n) is 3.92. The molecule has 1 aliphatic rings. The molecule has 0 bridgehead atoms. The van der Waals surface area contributed by atoms with Crippen molar-refractivity contribution in [3.05, 3.63) is 29.8 Å². The quantitative estimate of drug-likeness (QED) is 0.830. The Balaban J connectivity index is 1.97. The fraction of sp³-hybridized carbons (Fsp3) is 0.632. The Morgan fingerprint density at radius 1 is 1.35 bits per heavy atom. The van der Waals surface area contributed by atoms with E-state index in [1.165, 1.54) is 19.3 Å². The molecule has 1 aromatic carbocycles. The molecular weight excluding hydrogens is 288 g/mol. The summed E-state index contributed by atoms with van der Waals surface area (Å²) >= 11 is 0. The van der Waals surface area contributed by atoms with Gasteiger partial charge in [0.05, 0.1) is 6.54 Å². The van der Waals surface area contributed by atoms with Gasteiger partial charge in [-0.15, -0.1) is 0 Å². The Hall–Kier alpha value is -1.71. The zero-order chi connectivity index (χ0) is 17.0. The van der Waals surface area contributed by atoms with Crippen molar-refractivity contribution in [2.24, 2.45) is 5.92 Å². The Bertz CT molecular complexity index is 532. The van der Waals surface area contributed by atoms with Gasteiger partial charge in [0, 0.05) is 18.8 Å². The van der Waals surface area contributed by atoms with Gasteiger partial charge in [0.25, 0.3) is 0 Å². The molecule has 1 amide bonds. The predicted octanol–water partition coefficient (Wildman–Crippen LogP) is 4.65. The molecule has 1 fully saturated rings. The van der Waals surface area contributed by atoms with Crippen LogP contribution in [0.3, 0.4) is 0 Å². The molecule has 1 aromatic rings. The number of benzene rings is 1. The fourth-order valence-electron chi connectivity index (χ4n) is 2.64. The van der Waals surface area contributed by atoms with E-state index in [0.29, 0.717) is 12.6 Å². The van der Waals surface area contributed by atoms with Crippen LogP contribution in [0.1, 0.15) is 52.5 Å². The van der Waals surface area contributed by atoms with Crippen molar-refractivity contribution in [3.8, 4) is 0 Å². The zero-order valence-corrected chi connectivity index (χ0v) is 15.1. The molecule has 0 saturated heterocycles. The summed E-state index contributed by atoms with van der Waals surface area (Å²) in [7, 11) is 1.78. The average Bonchev–Trinajstić information content (AvgIpc) is 3.22. The number of nitrogens with one attached hydrogen (secondary N) is 1. The molecule has 1 N–H and O–H groups in total. The van der Waals surface area contributed by atoms with Crippen molar-refractivity contribution >= 4 is 11.8 Å². The monoisotopic (exact) mass is 318 g/mol. The van der Waals surface area contributed by atoms with Crippen molar-refractivity contribution in [2.45, 2.75) is 65.1 Å². The van der Waals surface area contributed by atoms with E-state index >= 15 is 0 Å². The summed E-state index contributed by atoms with van der Waals surface area (Å²) in [5.41, 5.74) is 1.75. The van der Waals surface area contributed by atoms with Crippen LogP contribution < -0.4 is 5.32 Å². The van der Waals surface area contributed by atoms with E-state index in [-0.39, 0.29) is 6.09 Å². The van der Waals surface area contributed by atoms with Gasteiger partial charge >= 0.3 is 6.09 Å². The summed E-state index contributed by atoms with van der Waals surface area (Å²) in [5, 5.41) is 3.60. The summed E-state index contributed by atoms with van der Waals surface area (Å²) in [6.45, 7) is 8.41. The number of anilines is 1. The molecule has 2 rings (SSSR count). The lowest BCUT2D eigenvalue weighted by Gasteiger charge is -2.26. The standard InChI is InChI=1S/C19H30N2O2/c1-14(12-15-10-11-15)20-17-9-7-6-8-16(17)13-21(5)18(22)23-19(2,3)4/h6-9,14-15,20H,10-13H2,1-5H3. The van der Waals surface area contributed by atoms with Gasteiger partial charge in [-0.2, -0.15) is 0 Å². The number of nitrogens with zero attached hydrogens (tertiary/aromatic N) is 1. The highest BCUT2D eigenvalue weighted by Crippen LogP contribution is 2.34. The third kappa shape index (κ3) is 6.12. The van der Waals surface area contributed by atoms with Gasteiger partial charge in [-0.3, -0.25) is 0 Å². The van der Waals surface area contributed by atoms with Crippen LogP contribution in [0, 0.1) is 5.92 Å². The average molecular weight is 318 g/mol. The Labute approximate surface area is 140 Å². The SMILES string of the molecule is CC(CC1CC1)Nc1ccccc1CN(C)C(=O)OC(C)(C)C. The molecule has 128 valence electrons. The maximum atomic E-state index is 12.1. The topological polar surface area (TPSA) is 41.6 Å². The lowest BCUT2D eigenvalue weighted by atomic mass is 10.1. The first-order valence-corrected chi connectivity index (χ1v) is 8.53. The Morgan fingerprint density at radius 3 is 2.61 bits per heavy atom. The number of ether oxygens (including phenoxy) is 1. The molecule has 0 radical (unpaired) electrons. The minimum Gasteiger partial charge on any atom is -0.444 e. The molecule has 1 saturated carbocycles. The summed E-state index contributed by atoms with van der Waals surface area (Å²) < 4.78 is 5.42. The number of rotatable bonds is 6. The molecule has 1 unspecified atom stereocenters. The molecular formula is C19H30N2O2. The number of carbonyl (C=O) groups is 1. The minimum absolute atomic E-state index is 0.293. The highest BCUT2D eigenvalue weighted by molar-refractivity contribution is 5.68. The Kier molecular flexibility index (Phi) is 5.55. The summed E-state index contributed by atoms with van der Waals surface area (Å²) in [5.74, 6) is 0.897. The number of hydrogen-bond donors (Lipinski definition) is 1. The van der Waals surface area contributed by atoms with Crippen LogP contribution in [0.4, 0.5) is 10.5 Å². The van der Waals surface area contributed by atoms with Crippen LogP contribution in [0.25, 0.3) is 0 Å². The third-order valence-corrected chi connectivity index (χ3v) is 3.92. The second-order valence-electron chi connectivity index (χ2n) is 7.72. The van der Waals surface area contributed by atoms with Crippen LogP contribution >= 0.6 is 0 Å². The first-order valence-electron chi connectivity index (χ1n) is 8.53. The van der Waals surface area contributed by atoms with Gasteiger partial charge in [0.15, 0.2) is 0 Å². The van der Waals surface area contributed by atoms with Crippen LogP contribution in [-0.2, 0) is 11.3 Å². The molecule has 4 heteroatoms. The smallest absolute Gasteiger partial charge is 0.410 e. The second kappa shape index (κ2) is 7.24. The highest BCUT2D eigenvalue weighted by atomic mass is 16.6. The summed E-state index contributed by atoms with van der Waals surface area (Å²) in [6.07, 6.45) is 3.67. The Morgan fingerprint density at radius 2 is 2.00 bits per heavy atom. The van der Waals surface area contributed by atoms with Crippen molar-refractivity contribution in [1.82, 2.24) is 4.90 Å². The van der Waals surface area contributed by atoms with Crippen molar-refractivity contribution in [1.29, 1.82) is 0 Å². The van der Waals surface area contributed by atoms with E-state index in [1.807, 2.05) is 32.9 Å². The molecule has 0 aromatic heterocycles. The van der Waals surface area contributed by atoms with Crippen molar-refractivity contribution in [2.75, 3.05) is 12.4 Å². The largest absolute Gasteiger partial charge is 0.444 e. The van der Waals surface area contributed by atoms with Crippen LogP contribution in [0.15, 0.2) is 24.3 Å². The fourth-order valence-corrected chi connectivity index (χ4v) is 2.64. The number of amides is 1. The van der Waals surface area contributed by atoms with E-state index in [0.717, 1.165) is 17.2 Å². The van der Waals surface area contributed by atoms with Gasteiger partial charge in [0.1, 0.15) is 5.60 Å². The highest BCUT2D eigenvalue weighted by Gasteiger charge is 2.24. The predicted molar refractivity (Wildman–Crippen MR) is 94.6 cm³/mol. The van der Waals surface area contributed by atoms with Gasteiger partial charge in [-0.1, -0.05) is 31.0 Å². The lowest BCUT2D eigenvalue weighted by Crippen LogP contribution is -2.34. The maximum Gasteiger partial charge on any atom is 0.410 e. The van der Waals surface area contributed by atoms with Gasteiger partial charge in [-0.05, 0) is 51.7 Å². The van der Waals surface area contributed by atoms with E-state index in [4.69, 9.17) is 4.74 Å². The van der Waals surface area contributed by atoms with Crippen molar-refractivity contribution < 1.29 is 9.53 Å². The molecule has 0 aliphatic heterocycles. The minimum atomic E-state index is -0.470. The van der Waals surface area contributed by atoms with Crippen molar-refractivity contribution in [3.63, 3.8) is 0 Å². The van der Waals surface area contributed by atoms with Gasteiger partial charge < -0.3 is 15.0 Å². The van der Waals surface area contributed by atoms with Crippen LogP contribution in [-0.4, -0.2) is 29.7 Å². The van der Waals surface area contributed by atoms with E-state index < -0.39 is 5.60 Å². The lowest BCUT2D eigenvalue weighted by molar-refractivity contribution is 0.0285.